The van der Waals surface area contributed by atoms with E-state index in [1.54, 1.807) is 0 Å². The molecule has 0 unspecified atom stereocenters. The Morgan fingerprint density at radius 2 is 1.93 bits per heavy atom. The van der Waals surface area contributed by atoms with Gasteiger partial charge in [-0.2, -0.15) is 0 Å². The van der Waals surface area contributed by atoms with Crippen molar-refractivity contribution >= 4 is 11.6 Å². The lowest BCUT2D eigenvalue weighted by molar-refractivity contribution is 0.0953. The van der Waals surface area contributed by atoms with Crippen LogP contribution in [0.25, 0.3) is 0 Å². The molecular weight excluding hydrogens is 353 g/mol. The van der Waals surface area contributed by atoms with E-state index in [4.69, 9.17) is 0 Å². The third-order valence-corrected chi connectivity index (χ3v) is 5.34. The molecule has 1 heterocycles. The Labute approximate surface area is 167 Å². The van der Waals surface area contributed by atoms with Crippen LogP contribution in [0.15, 0.2) is 54.6 Å². The highest BCUT2D eigenvalue weighted by molar-refractivity contribution is 5.94. The Balaban J connectivity index is 1.71. The van der Waals surface area contributed by atoms with Gasteiger partial charge < -0.3 is 10.2 Å². The molecule has 1 fully saturated rings. The molecule has 1 aliphatic rings. The number of amides is 1. The number of likely N-dealkylation sites (N-methyl/N-ethyl adjacent to an activating group) is 1. The van der Waals surface area contributed by atoms with Crippen molar-refractivity contribution in [2.45, 2.75) is 32.0 Å². The average Bonchev–Trinajstić information content (AvgIpc) is 3.16. The van der Waals surface area contributed by atoms with E-state index in [2.05, 4.69) is 27.2 Å². The Morgan fingerprint density at radius 3 is 2.54 bits per heavy atom. The summed E-state index contributed by atoms with van der Waals surface area (Å²) in [6.45, 7) is 4.75. The zero-order chi connectivity index (χ0) is 19.9. The van der Waals surface area contributed by atoms with Crippen LogP contribution in [0.5, 0.6) is 0 Å². The highest BCUT2D eigenvalue weighted by atomic mass is 19.1. The van der Waals surface area contributed by atoms with Crippen molar-refractivity contribution in [1.82, 2.24) is 10.2 Å². The van der Waals surface area contributed by atoms with Crippen LogP contribution in [0, 0.1) is 0 Å². The van der Waals surface area contributed by atoms with Crippen LogP contribution < -0.4 is 10.2 Å². The number of halogens is 1. The SMILES string of the molecule is CCCNC(=O)c1ccc(N(C)C[C@H](c2ccccc2)N2CC[C@H](F)C2)cc1. The molecule has 0 aliphatic carbocycles. The average molecular weight is 384 g/mol. The lowest BCUT2D eigenvalue weighted by Gasteiger charge is -2.32. The largest absolute Gasteiger partial charge is 0.373 e. The van der Waals surface area contributed by atoms with Gasteiger partial charge in [-0.1, -0.05) is 37.3 Å². The van der Waals surface area contributed by atoms with Crippen molar-refractivity contribution < 1.29 is 9.18 Å². The summed E-state index contributed by atoms with van der Waals surface area (Å²) in [6, 6.07) is 18.1. The van der Waals surface area contributed by atoms with Crippen molar-refractivity contribution in [3.63, 3.8) is 0 Å². The highest BCUT2D eigenvalue weighted by Crippen LogP contribution is 2.28. The van der Waals surface area contributed by atoms with Crippen LogP contribution in [0.1, 0.15) is 41.7 Å². The second-order valence-electron chi connectivity index (χ2n) is 7.49. The second kappa shape index (κ2) is 9.69. The van der Waals surface area contributed by atoms with E-state index in [-0.39, 0.29) is 11.9 Å². The molecular formula is C23H30FN3O. The number of rotatable bonds is 8. The number of nitrogens with zero attached hydrogens (tertiary/aromatic N) is 2. The monoisotopic (exact) mass is 383 g/mol. The summed E-state index contributed by atoms with van der Waals surface area (Å²) in [5.74, 6) is -0.0377. The predicted molar refractivity (Wildman–Crippen MR) is 113 cm³/mol. The molecule has 2 aromatic carbocycles. The molecule has 1 N–H and O–H groups in total. The number of anilines is 1. The quantitative estimate of drug-likeness (QED) is 0.747. The summed E-state index contributed by atoms with van der Waals surface area (Å²) < 4.78 is 13.8. The Bertz CT molecular complexity index is 750. The van der Waals surface area contributed by atoms with Crippen LogP contribution in [-0.4, -0.2) is 50.2 Å². The maximum atomic E-state index is 13.8. The number of likely N-dealkylation sites (tertiary alicyclic amines) is 1. The van der Waals surface area contributed by atoms with Crippen molar-refractivity contribution in [1.29, 1.82) is 0 Å². The summed E-state index contributed by atoms with van der Waals surface area (Å²) in [7, 11) is 2.05. The van der Waals surface area contributed by atoms with Gasteiger partial charge in [0.15, 0.2) is 0 Å². The standard InChI is InChI=1S/C23H30FN3O/c1-3-14-25-23(28)19-9-11-21(12-10-19)26(2)17-22(18-7-5-4-6-8-18)27-15-13-20(24)16-27/h4-12,20,22H,3,13-17H2,1-2H3,(H,25,28)/t20-,22+/m0/s1. The molecule has 3 rings (SSSR count). The van der Waals surface area contributed by atoms with Crippen LogP contribution in [-0.2, 0) is 0 Å². The number of alkyl halides is 1. The molecule has 150 valence electrons. The van der Waals surface area contributed by atoms with Crippen molar-refractivity contribution in [3.8, 4) is 0 Å². The number of nitrogens with one attached hydrogen (secondary N) is 1. The number of carbonyl (C=O) groups is 1. The van der Waals surface area contributed by atoms with E-state index >= 15 is 0 Å². The number of benzene rings is 2. The third-order valence-electron chi connectivity index (χ3n) is 5.34. The maximum absolute atomic E-state index is 13.8. The van der Waals surface area contributed by atoms with Crippen LogP contribution in [0.4, 0.5) is 10.1 Å². The first kappa shape index (κ1) is 20.3. The summed E-state index contributed by atoms with van der Waals surface area (Å²) in [6.07, 6.45) is 0.788. The first-order valence-corrected chi connectivity index (χ1v) is 10.1. The molecule has 28 heavy (non-hydrogen) atoms. The van der Waals surface area contributed by atoms with Gasteiger partial charge in [0.1, 0.15) is 6.17 Å². The van der Waals surface area contributed by atoms with Gasteiger partial charge in [0.2, 0.25) is 0 Å². The van der Waals surface area contributed by atoms with Gasteiger partial charge in [-0.15, -0.1) is 0 Å². The molecule has 0 bridgehead atoms. The van der Waals surface area contributed by atoms with Gasteiger partial charge in [-0.05, 0) is 42.7 Å². The fourth-order valence-corrected chi connectivity index (χ4v) is 3.71. The smallest absolute Gasteiger partial charge is 0.251 e. The Kier molecular flexibility index (Phi) is 7.04. The van der Waals surface area contributed by atoms with Gasteiger partial charge in [0.05, 0.1) is 6.04 Å². The normalized spacial score (nSPS) is 18.0. The van der Waals surface area contributed by atoms with Crippen LogP contribution >= 0.6 is 0 Å². The molecule has 0 spiro atoms. The molecule has 2 aromatic rings. The van der Waals surface area contributed by atoms with E-state index < -0.39 is 6.17 Å². The summed E-state index contributed by atoms with van der Waals surface area (Å²) in [5.41, 5.74) is 2.92. The van der Waals surface area contributed by atoms with Crippen LogP contribution in [0.2, 0.25) is 0 Å². The third kappa shape index (κ3) is 5.10. The topological polar surface area (TPSA) is 35.6 Å². The number of hydrogen-bond donors (Lipinski definition) is 1. The minimum absolute atomic E-state index is 0.0377. The molecule has 5 heteroatoms. The number of carbonyl (C=O) groups excluding carboxylic acids is 1. The van der Waals surface area contributed by atoms with Gasteiger partial charge in [-0.3, -0.25) is 9.69 Å². The second-order valence-corrected chi connectivity index (χ2v) is 7.49. The van der Waals surface area contributed by atoms with Gasteiger partial charge in [0.25, 0.3) is 5.91 Å². The molecule has 0 aromatic heterocycles. The minimum atomic E-state index is -0.738. The molecule has 0 saturated carbocycles. The highest BCUT2D eigenvalue weighted by Gasteiger charge is 2.29. The number of hydrogen-bond acceptors (Lipinski definition) is 3. The molecule has 1 aliphatic heterocycles. The zero-order valence-corrected chi connectivity index (χ0v) is 16.8. The van der Waals surface area contributed by atoms with Crippen molar-refractivity contribution in [2.24, 2.45) is 0 Å². The first-order chi connectivity index (χ1) is 13.6. The fraction of sp³-hybridized carbons (Fsp3) is 0.435. The van der Waals surface area contributed by atoms with Crippen molar-refractivity contribution in [2.75, 3.05) is 38.1 Å². The van der Waals surface area contributed by atoms with E-state index in [1.165, 1.54) is 5.56 Å². The molecule has 4 nitrogen and oxygen atoms in total. The summed E-state index contributed by atoms with van der Waals surface area (Å²) in [4.78, 5) is 16.5. The predicted octanol–water partition coefficient (Wildman–Crippen LogP) is 4.05. The minimum Gasteiger partial charge on any atom is -0.373 e. The lowest BCUT2D eigenvalue weighted by atomic mass is 10.0. The fourth-order valence-electron chi connectivity index (χ4n) is 3.71. The Hall–Kier alpha value is -2.40. The van der Waals surface area contributed by atoms with E-state index in [0.29, 0.717) is 25.1 Å². The van der Waals surface area contributed by atoms with Crippen LogP contribution in [0.3, 0.4) is 0 Å². The Morgan fingerprint density at radius 1 is 1.21 bits per heavy atom. The van der Waals surface area contributed by atoms with Gasteiger partial charge in [-0.25, -0.2) is 4.39 Å². The zero-order valence-electron chi connectivity index (χ0n) is 16.8. The van der Waals surface area contributed by atoms with E-state index in [0.717, 1.165) is 25.2 Å². The first-order valence-electron chi connectivity index (χ1n) is 10.1. The summed E-state index contributed by atoms with van der Waals surface area (Å²) >= 11 is 0. The van der Waals surface area contributed by atoms with Gasteiger partial charge in [0, 0.05) is 44.5 Å². The van der Waals surface area contributed by atoms with E-state index in [1.807, 2.05) is 56.4 Å². The maximum Gasteiger partial charge on any atom is 0.251 e. The summed E-state index contributed by atoms with van der Waals surface area (Å²) in [5, 5.41) is 2.90. The molecule has 1 amide bonds. The van der Waals surface area contributed by atoms with Crippen molar-refractivity contribution in [3.05, 3.63) is 65.7 Å². The molecule has 1 saturated heterocycles. The molecule has 2 atom stereocenters. The van der Waals surface area contributed by atoms with E-state index in [9.17, 15) is 9.18 Å². The lowest BCUT2D eigenvalue weighted by Crippen LogP contribution is -2.36. The van der Waals surface area contributed by atoms with Gasteiger partial charge >= 0.3 is 0 Å². The molecule has 0 radical (unpaired) electrons.